The van der Waals surface area contributed by atoms with Crippen LogP contribution in [-0.4, -0.2) is 23.9 Å². The van der Waals surface area contributed by atoms with Crippen molar-refractivity contribution in [2.45, 2.75) is 12.8 Å². The SMILES string of the molecule is O=C(Nc1ccc2oc(=O)ccc2c1)c1ccc(N2CCCC2)c([N+](=O)[O-])c1. The number of carbonyl (C=O) groups excluding carboxylic acids is 1. The highest BCUT2D eigenvalue weighted by atomic mass is 16.6. The van der Waals surface area contributed by atoms with E-state index >= 15 is 0 Å². The number of nitrogens with one attached hydrogen (secondary N) is 1. The minimum absolute atomic E-state index is 0.0742. The minimum Gasteiger partial charge on any atom is -0.423 e. The van der Waals surface area contributed by atoms with Gasteiger partial charge in [-0.05, 0) is 49.2 Å². The van der Waals surface area contributed by atoms with E-state index < -0.39 is 16.5 Å². The maximum absolute atomic E-state index is 12.6. The van der Waals surface area contributed by atoms with Crippen LogP contribution in [-0.2, 0) is 0 Å². The van der Waals surface area contributed by atoms with Gasteiger partial charge in [0.15, 0.2) is 0 Å². The summed E-state index contributed by atoms with van der Waals surface area (Å²) in [6.07, 6.45) is 2.00. The normalized spacial score (nSPS) is 13.6. The molecule has 1 aliphatic heterocycles. The third-order valence-corrected chi connectivity index (χ3v) is 4.76. The Morgan fingerprint density at radius 3 is 2.61 bits per heavy atom. The molecule has 0 aliphatic carbocycles. The molecule has 0 unspecified atom stereocenters. The number of nitro groups is 1. The van der Waals surface area contributed by atoms with Gasteiger partial charge in [0.1, 0.15) is 11.3 Å². The minimum atomic E-state index is -0.456. The van der Waals surface area contributed by atoms with Gasteiger partial charge in [0, 0.05) is 41.9 Å². The number of benzene rings is 2. The van der Waals surface area contributed by atoms with E-state index in [0.29, 0.717) is 22.3 Å². The lowest BCUT2D eigenvalue weighted by Gasteiger charge is -2.17. The quantitative estimate of drug-likeness (QED) is 0.422. The number of rotatable bonds is 4. The van der Waals surface area contributed by atoms with Crippen molar-refractivity contribution in [1.82, 2.24) is 0 Å². The number of anilines is 2. The topological polar surface area (TPSA) is 106 Å². The fraction of sp³-hybridized carbons (Fsp3) is 0.200. The van der Waals surface area contributed by atoms with E-state index in [2.05, 4.69) is 5.32 Å². The Morgan fingerprint density at radius 2 is 1.86 bits per heavy atom. The third-order valence-electron chi connectivity index (χ3n) is 4.76. The lowest BCUT2D eigenvalue weighted by Crippen LogP contribution is -2.19. The average molecular weight is 379 g/mol. The molecule has 1 N–H and O–H groups in total. The molecule has 3 aromatic rings. The third kappa shape index (κ3) is 3.44. The summed E-state index contributed by atoms with van der Waals surface area (Å²) < 4.78 is 5.06. The van der Waals surface area contributed by atoms with Crippen LogP contribution in [0.15, 0.2) is 57.7 Å². The summed E-state index contributed by atoms with van der Waals surface area (Å²) in [5.74, 6) is -0.451. The molecule has 0 saturated carbocycles. The van der Waals surface area contributed by atoms with Crippen LogP contribution in [0.3, 0.4) is 0 Å². The molecule has 8 heteroatoms. The van der Waals surface area contributed by atoms with Crippen molar-refractivity contribution >= 4 is 33.9 Å². The molecule has 0 spiro atoms. The summed E-state index contributed by atoms with van der Waals surface area (Å²) in [5.41, 5.74) is 1.13. The molecule has 1 aromatic heterocycles. The summed E-state index contributed by atoms with van der Waals surface area (Å²) in [7, 11) is 0. The fourth-order valence-electron chi connectivity index (χ4n) is 3.39. The number of hydrogen-bond donors (Lipinski definition) is 1. The van der Waals surface area contributed by atoms with Gasteiger partial charge >= 0.3 is 5.63 Å². The van der Waals surface area contributed by atoms with Crippen molar-refractivity contribution in [3.8, 4) is 0 Å². The van der Waals surface area contributed by atoms with Gasteiger partial charge in [0.2, 0.25) is 0 Å². The molecule has 28 heavy (non-hydrogen) atoms. The lowest BCUT2D eigenvalue weighted by molar-refractivity contribution is -0.384. The molecule has 8 nitrogen and oxygen atoms in total. The molecule has 1 fully saturated rings. The van der Waals surface area contributed by atoms with Crippen LogP contribution in [0.4, 0.5) is 17.1 Å². The van der Waals surface area contributed by atoms with Crippen LogP contribution < -0.4 is 15.8 Å². The molecule has 1 saturated heterocycles. The van der Waals surface area contributed by atoms with Crippen LogP contribution in [0.1, 0.15) is 23.2 Å². The van der Waals surface area contributed by atoms with Gasteiger partial charge in [-0.1, -0.05) is 0 Å². The summed E-state index contributed by atoms with van der Waals surface area (Å²) >= 11 is 0. The molecular formula is C20H17N3O5. The van der Waals surface area contributed by atoms with E-state index in [-0.39, 0.29) is 11.3 Å². The smallest absolute Gasteiger partial charge is 0.336 e. The van der Waals surface area contributed by atoms with Crippen molar-refractivity contribution in [1.29, 1.82) is 0 Å². The number of nitro benzene ring substituents is 1. The predicted octanol–water partition coefficient (Wildman–Crippen LogP) is 3.55. The molecule has 0 bridgehead atoms. The molecule has 142 valence electrons. The Morgan fingerprint density at radius 1 is 1.07 bits per heavy atom. The van der Waals surface area contributed by atoms with Crippen molar-refractivity contribution in [2.75, 3.05) is 23.3 Å². The van der Waals surface area contributed by atoms with E-state index in [1.807, 2.05) is 4.90 Å². The Hall–Kier alpha value is -3.68. The Labute approximate surface area is 159 Å². The predicted molar refractivity (Wildman–Crippen MR) is 105 cm³/mol. The second-order valence-electron chi connectivity index (χ2n) is 6.62. The summed E-state index contributed by atoms with van der Waals surface area (Å²) in [6, 6.07) is 12.3. The zero-order chi connectivity index (χ0) is 19.7. The zero-order valence-corrected chi connectivity index (χ0v) is 14.9. The first kappa shape index (κ1) is 17.7. The highest BCUT2D eigenvalue weighted by Gasteiger charge is 2.23. The second kappa shape index (κ2) is 7.15. The van der Waals surface area contributed by atoms with Crippen LogP contribution in [0.25, 0.3) is 11.0 Å². The summed E-state index contributed by atoms with van der Waals surface area (Å²) in [5, 5.41) is 14.9. The van der Waals surface area contributed by atoms with Gasteiger partial charge in [0.05, 0.1) is 4.92 Å². The van der Waals surface area contributed by atoms with E-state index in [0.717, 1.165) is 25.9 Å². The second-order valence-corrected chi connectivity index (χ2v) is 6.62. The highest BCUT2D eigenvalue weighted by Crippen LogP contribution is 2.32. The zero-order valence-electron chi connectivity index (χ0n) is 14.9. The Kier molecular flexibility index (Phi) is 4.52. The van der Waals surface area contributed by atoms with E-state index in [4.69, 9.17) is 4.42 Å². The van der Waals surface area contributed by atoms with Crippen molar-refractivity contribution in [2.24, 2.45) is 0 Å². The lowest BCUT2D eigenvalue weighted by atomic mass is 10.1. The van der Waals surface area contributed by atoms with Gasteiger partial charge in [-0.2, -0.15) is 0 Å². The molecule has 0 radical (unpaired) electrons. The Bertz CT molecular complexity index is 1130. The number of amides is 1. The number of nitrogens with zero attached hydrogens (tertiary/aromatic N) is 2. The largest absolute Gasteiger partial charge is 0.423 e. The van der Waals surface area contributed by atoms with Gasteiger partial charge < -0.3 is 14.6 Å². The first-order valence-corrected chi connectivity index (χ1v) is 8.90. The van der Waals surface area contributed by atoms with Gasteiger partial charge in [-0.3, -0.25) is 14.9 Å². The molecule has 4 rings (SSSR count). The van der Waals surface area contributed by atoms with Crippen LogP contribution in [0, 0.1) is 10.1 Å². The van der Waals surface area contributed by atoms with Crippen molar-refractivity contribution < 1.29 is 14.1 Å². The molecule has 2 heterocycles. The van der Waals surface area contributed by atoms with Gasteiger partial charge in [-0.15, -0.1) is 0 Å². The van der Waals surface area contributed by atoms with Crippen LogP contribution in [0.5, 0.6) is 0 Å². The maximum Gasteiger partial charge on any atom is 0.336 e. The van der Waals surface area contributed by atoms with Gasteiger partial charge in [-0.25, -0.2) is 4.79 Å². The average Bonchev–Trinajstić information content (AvgIpc) is 3.22. The van der Waals surface area contributed by atoms with E-state index in [1.165, 1.54) is 12.1 Å². The number of fused-ring (bicyclic) bond motifs is 1. The van der Waals surface area contributed by atoms with Gasteiger partial charge in [0.25, 0.3) is 11.6 Å². The number of carbonyl (C=O) groups is 1. The molecule has 1 aliphatic rings. The Balaban J connectivity index is 1.60. The summed E-state index contributed by atoms with van der Waals surface area (Å²) in [4.78, 5) is 36.8. The van der Waals surface area contributed by atoms with E-state index in [1.54, 1.807) is 36.4 Å². The highest BCUT2D eigenvalue weighted by molar-refractivity contribution is 6.05. The van der Waals surface area contributed by atoms with Crippen molar-refractivity contribution in [3.05, 3.63) is 74.6 Å². The van der Waals surface area contributed by atoms with E-state index in [9.17, 15) is 19.7 Å². The monoisotopic (exact) mass is 379 g/mol. The first-order chi connectivity index (χ1) is 13.5. The van der Waals surface area contributed by atoms with Crippen LogP contribution >= 0.6 is 0 Å². The molecule has 2 aromatic carbocycles. The molecule has 0 atom stereocenters. The first-order valence-electron chi connectivity index (χ1n) is 8.90. The maximum atomic E-state index is 12.6. The summed E-state index contributed by atoms with van der Waals surface area (Å²) in [6.45, 7) is 1.55. The molecular weight excluding hydrogens is 362 g/mol. The van der Waals surface area contributed by atoms with Crippen LogP contribution in [0.2, 0.25) is 0 Å². The number of hydrogen-bond acceptors (Lipinski definition) is 6. The van der Waals surface area contributed by atoms with Crippen molar-refractivity contribution in [3.63, 3.8) is 0 Å². The fourth-order valence-corrected chi connectivity index (χ4v) is 3.39. The molecule has 1 amide bonds. The standard InChI is InChI=1S/C20H17N3O5/c24-19-8-4-13-11-15(5-7-18(13)28-19)21-20(25)14-3-6-16(17(12-14)23(26)27)22-9-1-2-10-22/h3-8,11-12H,1-2,9-10H2,(H,21,25).